The molecular weight excluding hydrogens is 333 g/mol. The fourth-order valence-electron chi connectivity index (χ4n) is 2.72. The van der Waals surface area contributed by atoms with Crippen LogP contribution in [-0.2, 0) is 11.2 Å². The lowest BCUT2D eigenvalue weighted by Gasteiger charge is -2.26. The van der Waals surface area contributed by atoms with E-state index >= 15 is 0 Å². The van der Waals surface area contributed by atoms with Gasteiger partial charge in [-0.15, -0.1) is 0 Å². The monoisotopic (exact) mass is 349 g/mol. The van der Waals surface area contributed by atoms with Gasteiger partial charge in [0.25, 0.3) is 0 Å². The number of halogens is 2. The highest BCUT2D eigenvalue weighted by molar-refractivity contribution is 6.30. The molecule has 0 radical (unpaired) electrons. The molecule has 2 aromatic rings. The van der Waals surface area contributed by atoms with Crippen LogP contribution >= 0.6 is 23.2 Å². The molecule has 0 aromatic heterocycles. The molecule has 1 N–H and O–H groups in total. The van der Waals surface area contributed by atoms with Crippen molar-refractivity contribution in [2.24, 2.45) is 5.92 Å². The highest BCUT2D eigenvalue weighted by Crippen LogP contribution is 2.30. The summed E-state index contributed by atoms with van der Waals surface area (Å²) in [5.74, 6) is 0.562. The number of amides is 1. The summed E-state index contributed by atoms with van der Waals surface area (Å²) in [6.45, 7) is 2.32. The van der Waals surface area contributed by atoms with E-state index in [2.05, 4.69) is 5.32 Å². The lowest BCUT2D eigenvalue weighted by Crippen LogP contribution is -2.38. The van der Waals surface area contributed by atoms with Gasteiger partial charge in [0.2, 0.25) is 5.91 Å². The van der Waals surface area contributed by atoms with Crippen LogP contribution in [0.15, 0.2) is 42.5 Å². The van der Waals surface area contributed by atoms with Crippen molar-refractivity contribution in [3.8, 4) is 5.75 Å². The smallest absolute Gasteiger partial charge is 0.227 e. The fourth-order valence-corrected chi connectivity index (χ4v) is 3.12. The molecule has 3 nitrogen and oxygen atoms in total. The van der Waals surface area contributed by atoms with Gasteiger partial charge in [-0.25, -0.2) is 0 Å². The minimum atomic E-state index is -0.220. The van der Waals surface area contributed by atoms with Crippen LogP contribution < -0.4 is 10.1 Å². The van der Waals surface area contributed by atoms with Crippen LogP contribution in [0.2, 0.25) is 10.0 Å². The van der Waals surface area contributed by atoms with Crippen molar-refractivity contribution in [1.82, 2.24) is 5.32 Å². The number of hydrogen-bond acceptors (Lipinski definition) is 2. The summed E-state index contributed by atoms with van der Waals surface area (Å²) < 4.78 is 5.68. The second-order valence-electron chi connectivity index (χ2n) is 5.75. The van der Waals surface area contributed by atoms with Crippen molar-refractivity contribution in [2.45, 2.75) is 19.4 Å². The maximum atomic E-state index is 12.5. The minimum absolute atomic E-state index is 0.0249. The third-order valence-corrected chi connectivity index (χ3v) is 4.48. The number of hydrogen-bond donors (Lipinski definition) is 1. The van der Waals surface area contributed by atoms with Crippen LogP contribution in [-0.4, -0.2) is 12.5 Å². The molecule has 0 spiro atoms. The van der Waals surface area contributed by atoms with Gasteiger partial charge in [-0.2, -0.15) is 0 Å². The van der Waals surface area contributed by atoms with Crippen LogP contribution in [0.4, 0.5) is 0 Å². The molecule has 1 aliphatic heterocycles. The van der Waals surface area contributed by atoms with E-state index in [0.717, 1.165) is 16.9 Å². The van der Waals surface area contributed by atoms with E-state index in [0.29, 0.717) is 23.1 Å². The van der Waals surface area contributed by atoms with Crippen molar-refractivity contribution in [3.05, 3.63) is 63.6 Å². The maximum Gasteiger partial charge on any atom is 0.227 e. The quantitative estimate of drug-likeness (QED) is 0.890. The molecule has 1 aliphatic rings. The predicted octanol–water partition coefficient (Wildman–Crippen LogP) is 4.42. The van der Waals surface area contributed by atoms with E-state index in [1.807, 2.05) is 43.3 Å². The number of carbonyl (C=O) groups is 1. The zero-order valence-electron chi connectivity index (χ0n) is 12.7. The number of carbonyl (C=O) groups excluding carboxylic acids is 1. The summed E-state index contributed by atoms with van der Waals surface area (Å²) >= 11 is 12.0. The SMILES string of the molecule is C[C@@H](NC(=O)[C@@H]1COc2ccc(Cl)cc2C1)c1cccc(Cl)c1. The lowest BCUT2D eigenvalue weighted by atomic mass is 9.95. The molecule has 23 heavy (non-hydrogen) atoms. The summed E-state index contributed by atoms with van der Waals surface area (Å²) in [5.41, 5.74) is 1.95. The number of ether oxygens (including phenoxy) is 1. The van der Waals surface area contributed by atoms with Crippen molar-refractivity contribution in [1.29, 1.82) is 0 Å². The largest absolute Gasteiger partial charge is 0.492 e. The lowest BCUT2D eigenvalue weighted by molar-refractivity contribution is -0.126. The molecular formula is C18H17Cl2NO2. The highest BCUT2D eigenvalue weighted by Gasteiger charge is 2.27. The first-order valence-corrected chi connectivity index (χ1v) is 8.25. The third kappa shape index (κ3) is 3.80. The zero-order chi connectivity index (χ0) is 16.4. The van der Waals surface area contributed by atoms with Crippen LogP contribution in [0.25, 0.3) is 0 Å². The van der Waals surface area contributed by atoms with E-state index in [1.165, 1.54) is 0 Å². The molecule has 2 atom stereocenters. The Hall–Kier alpha value is -1.71. The standard InChI is InChI=1S/C18H17Cl2NO2/c1-11(12-3-2-4-15(19)8-12)21-18(22)14-7-13-9-16(20)5-6-17(13)23-10-14/h2-6,8-9,11,14H,7,10H2,1H3,(H,21,22)/t11-,14+/m1/s1. The van der Waals surface area contributed by atoms with E-state index in [4.69, 9.17) is 27.9 Å². The molecule has 0 unspecified atom stereocenters. The minimum Gasteiger partial charge on any atom is -0.492 e. The van der Waals surface area contributed by atoms with Crippen LogP contribution in [0.1, 0.15) is 24.1 Å². The van der Waals surface area contributed by atoms with Crippen molar-refractivity contribution in [3.63, 3.8) is 0 Å². The van der Waals surface area contributed by atoms with Crippen molar-refractivity contribution in [2.75, 3.05) is 6.61 Å². The molecule has 2 aromatic carbocycles. The summed E-state index contributed by atoms with van der Waals surface area (Å²) in [7, 11) is 0. The number of benzene rings is 2. The Morgan fingerprint density at radius 2 is 2.00 bits per heavy atom. The summed E-state index contributed by atoms with van der Waals surface area (Å²) in [5, 5.41) is 4.34. The molecule has 120 valence electrons. The number of fused-ring (bicyclic) bond motifs is 1. The highest BCUT2D eigenvalue weighted by atomic mass is 35.5. The average Bonchev–Trinajstić information content (AvgIpc) is 2.54. The summed E-state index contributed by atoms with van der Waals surface area (Å²) in [4.78, 5) is 12.5. The molecule has 0 saturated heterocycles. The zero-order valence-corrected chi connectivity index (χ0v) is 14.2. The normalized spacial score (nSPS) is 17.8. The van der Waals surface area contributed by atoms with Gasteiger partial charge in [0.05, 0.1) is 12.0 Å². The van der Waals surface area contributed by atoms with Gasteiger partial charge >= 0.3 is 0 Å². The van der Waals surface area contributed by atoms with E-state index in [9.17, 15) is 4.79 Å². The molecule has 1 heterocycles. The topological polar surface area (TPSA) is 38.3 Å². The van der Waals surface area contributed by atoms with Gasteiger partial charge < -0.3 is 10.1 Å². The Morgan fingerprint density at radius 1 is 1.22 bits per heavy atom. The second-order valence-corrected chi connectivity index (χ2v) is 6.62. The molecule has 0 fully saturated rings. The van der Waals surface area contributed by atoms with E-state index in [1.54, 1.807) is 6.07 Å². The Kier molecular flexibility index (Phi) is 4.79. The molecule has 0 bridgehead atoms. The van der Waals surface area contributed by atoms with E-state index < -0.39 is 0 Å². The maximum absolute atomic E-state index is 12.5. The van der Waals surface area contributed by atoms with Gasteiger partial charge in [-0.05, 0) is 54.8 Å². The molecule has 3 rings (SSSR count). The summed E-state index contributed by atoms with van der Waals surface area (Å²) in [6, 6.07) is 12.9. The summed E-state index contributed by atoms with van der Waals surface area (Å²) in [6.07, 6.45) is 0.629. The van der Waals surface area contributed by atoms with Gasteiger partial charge in [0.15, 0.2) is 0 Å². The Balaban J connectivity index is 1.67. The molecule has 0 saturated carbocycles. The number of nitrogens with one attached hydrogen (secondary N) is 1. The fraction of sp³-hybridized carbons (Fsp3) is 0.278. The molecule has 1 amide bonds. The van der Waals surface area contributed by atoms with Gasteiger partial charge in [-0.3, -0.25) is 4.79 Å². The predicted molar refractivity (Wildman–Crippen MR) is 92.2 cm³/mol. The van der Waals surface area contributed by atoms with Gasteiger partial charge in [0.1, 0.15) is 12.4 Å². The second kappa shape index (κ2) is 6.81. The van der Waals surface area contributed by atoms with Crippen LogP contribution in [0.5, 0.6) is 5.75 Å². The van der Waals surface area contributed by atoms with Crippen LogP contribution in [0, 0.1) is 5.92 Å². The Labute approximate surface area is 145 Å². The first-order valence-electron chi connectivity index (χ1n) is 7.50. The Morgan fingerprint density at radius 3 is 2.78 bits per heavy atom. The van der Waals surface area contributed by atoms with Gasteiger partial charge in [0, 0.05) is 10.0 Å². The van der Waals surface area contributed by atoms with Crippen LogP contribution in [0.3, 0.4) is 0 Å². The third-order valence-electron chi connectivity index (χ3n) is 4.01. The first kappa shape index (κ1) is 16.2. The van der Waals surface area contributed by atoms with E-state index in [-0.39, 0.29) is 17.9 Å². The molecule has 0 aliphatic carbocycles. The first-order chi connectivity index (χ1) is 11.0. The Bertz CT molecular complexity index is 733. The average molecular weight is 350 g/mol. The number of rotatable bonds is 3. The van der Waals surface area contributed by atoms with Gasteiger partial charge in [-0.1, -0.05) is 35.3 Å². The van der Waals surface area contributed by atoms with Crippen molar-refractivity contribution < 1.29 is 9.53 Å². The molecule has 5 heteroatoms. The van der Waals surface area contributed by atoms with Crippen molar-refractivity contribution >= 4 is 29.1 Å².